The van der Waals surface area contributed by atoms with Crippen LogP contribution in [0.3, 0.4) is 0 Å². The van der Waals surface area contributed by atoms with Crippen LogP contribution in [-0.2, 0) is 11.3 Å². The summed E-state index contributed by atoms with van der Waals surface area (Å²) in [5, 5.41) is 9.95. The van der Waals surface area contributed by atoms with Gasteiger partial charge in [-0.25, -0.2) is 4.98 Å². The van der Waals surface area contributed by atoms with Crippen LogP contribution in [0, 0.1) is 0 Å². The fourth-order valence-electron chi connectivity index (χ4n) is 2.80. The lowest BCUT2D eigenvalue weighted by molar-refractivity contribution is -0.325. The van der Waals surface area contributed by atoms with Crippen LogP contribution in [0.4, 0.5) is 13.2 Å². The molecule has 0 aliphatic carbocycles. The maximum absolute atomic E-state index is 12.1. The van der Waals surface area contributed by atoms with E-state index in [0.717, 1.165) is 22.2 Å². The second-order valence-electron chi connectivity index (χ2n) is 5.95. The van der Waals surface area contributed by atoms with Crippen molar-refractivity contribution in [1.29, 1.82) is 0 Å². The quantitative estimate of drug-likeness (QED) is 0.918. The first kappa shape index (κ1) is 17.5. The first-order valence-corrected chi connectivity index (χ1v) is 7.70. The smallest absolute Gasteiger partial charge is 0.370 e. The molecule has 134 valence electrons. The van der Waals surface area contributed by atoms with Crippen LogP contribution in [0.15, 0.2) is 42.4 Å². The van der Waals surface area contributed by atoms with Crippen LogP contribution < -0.4 is 0 Å². The van der Waals surface area contributed by atoms with Crippen molar-refractivity contribution in [3.05, 3.63) is 47.9 Å². The summed E-state index contributed by atoms with van der Waals surface area (Å²) >= 11 is 0. The summed E-state index contributed by atoms with van der Waals surface area (Å²) in [5.41, 5.74) is 4.04. The average molecular weight is 353 g/mol. The maximum Gasteiger partial charge on any atom is 0.522 e. The number of fused-ring (bicyclic) bond motifs is 1. The molecule has 0 radical (unpaired) electrons. The Hall–Kier alpha value is -2.32. The summed E-state index contributed by atoms with van der Waals surface area (Å²) < 4.78 is 41.8. The van der Waals surface area contributed by atoms with Gasteiger partial charge < -0.3 is 14.6 Å². The Balaban J connectivity index is 1.87. The molecule has 0 amide bonds. The summed E-state index contributed by atoms with van der Waals surface area (Å²) in [6.07, 6.45) is -0.0775. The van der Waals surface area contributed by atoms with Crippen molar-refractivity contribution in [3.63, 3.8) is 0 Å². The topological polar surface area (TPSA) is 50.5 Å². The molecule has 1 aliphatic heterocycles. The normalized spacial score (nSPS) is 18.5. The monoisotopic (exact) mass is 353 g/mol. The predicted molar refractivity (Wildman–Crippen MR) is 87.2 cm³/mol. The Kier molecular flexibility index (Phi) is 4.57. The maximum atomic E-state index is 12.1. The van der Waals surface area contributed by atoms with E-state index in [0.29, 0.717) is 5.52 Å². The van der Waals surface area contributed by atoms with Gasteiger partial charge in [0, 0.05) is 19.8 Å². The lowest BCUT2D eigenvalue weighted by Crippen LogP contribution is -2.30. The highest BCUT2D eigenvalue weighted by Crippen LogP contribution is 2.27. The van der Waals surface area contributed by atoms with Crippen molar-refractivity contribution in [3.8, 4) is 0 Å². The lowest BCUT2D eigenvalue weighted by Gasteiger charge is -2.27. The van der Waals surface area contributed by atoms with E-state index in [1.807, 2.05) is 37.4 Å². The Morgan fingerprint density at radius 2 is 2.08 bits per heavy atom. The number of imidazole rings is 1. The minimum Gasteiger partial charge on any atom is -0.370 e. The number of halogens is 3. The van der Waals surface area contributed by atoms with E-state index < -0.39 is 19.2 Å². The lowest BCUT2D eigenvalue weighted by atomic mass is 10.00. The number of rotatable bonds is 4. The van der Waals surface area contributed by atoms with Crippen LogP contribution in [0.5, 0.6) is 0 Å². The molecule has 0 fully saturated rings. The summed E-state index contributed by atoms with van der Waals surface area (Å²) in [6, 6.07) is 5.59. The number of ether oxygens (including phenoxy) is 1. The minimum atomic E-state index is -4.64. The van der Waals surface area contributed by atoms with E-state index >= 15 is 0 Å². The molecule has 5 nitrogen and oxygen atoms in total. The molecule has 1 N–H and O–H groups in total. The van der Waals surface area contributed by atoms with Crippen molar-refractivity contribution in [2.24, 2.45) is 0 Å². The Morgan fingerprint density at radius 3 is 2.76 bits per heavy atom. The molecule has 0 bridgehead atoms. The zero-order chi connectivity index (χ0) is 18.2. The molecule has 2 heterocycles. The highest BCUT2D eigenvalue weighted by Gasteiger charge is 2.28. The number of hydrogen-bond acceptors (Lipinski definition) is 4. The minimum absolute atomic E-state index is 0.0476. The number of benzene rings is 1. The SMILES string of the molecule is CC1=CC(c2ccc3ncn(CCOC(F)(F)F)c3c2)=CN(C)C1O. The van der Waals surface area contributed by atoms with Gasteiger partial charge in [-0.15, -0.1) is 13.2 Å². The van der Waals surface area contributed by atoms with E-state index in [1.54, 1.807) is 16.5 Å². The molecule has 1 unspecified atom stereocenters. The molecule has 0 spiro atoms. The van der Waals surface area contributed by atoms with Crippen LogP contribution in [0.25, 0.3) is 16.6 Å². The third-order valence-electron chi connectivity index (χ3n) is 4.07. The van der Waals surface area contributed by atoms with Gasteiger partial charge in [0.25, 0.3) is 0 Å². The molecule has 2 aromatic rings. The molecule has 3 rings (SSSR count). The standard InChI is InChI=1S/C17H18F3N3O2/c1-11-7-13(9-22(2)16(11)24)12-3-4-14-15(8-12)23(10-21-14)5-6-25-17(18,19)20/h3-4,7-10,16,24H,5-6H2,1-2H3. The number of hydrogen-bond donors (Lipinski definition) is 1. The van der Waals surface area contributed by atoms with Crippen LogP contribution >= 0.6 is 0 Å². The van der Waals surface area contributed by atoms with Crippen LogP contribution in [-0.4, -0.2) is 45.8 Å². The molecule has 1 aromatic carbocycles. The van der Waals surface area contributed by atoms with E-state index in [-0.39, 0.29) is 6.54 Å². The highest BCUT2D eigenvalue weighted by molar-refractivity contribution is 5.84. The Morgan fingerprint density at radius 1 is 1.32 bits per heavy atom. The predicted octanol–water partition coefficient (Wildman–Crippen LogP) is 3.12. The molecule has 1 aromatic heterocycles. The zero-order valence-electron chi connectivity index (χ0n) is 13.8. The Labute approximate surface area is 142 Å². The summed E-state index contributed by atoms with van der Waals surface area (Å²) in [5.74, 6) is 0. The number of alkyl halides is 3. The fourth-order valence-corrected chi connectivity index (χ4v) is 2.80. The second-order valence-corrected chi connectivity index (χ2v) is 5.95. The van der Waals surface area contributed by atoms with Gasteiger partial charge in [-0.2, -0.15) is 0 Å². The number of aliphatic hydroxyl groups is 1. The average Bonchev–Trinajstić information content (AvgIpc) is 2.93. The van der Waals surface area contributed by atoms with E-state index in [9.17, 15) is 18.3 Å². The number of likely N-dealkylation sites (N-methyl/N-ethyl adjacent to an activating group) is 1. The van der Waals surface area contributed by atoms with Crippen LogP contribution in [0.2, 0.25) is 0 Å². The molecule has 1 atom stereocenters. The molecule has 0 saturated carbocycles. The number of aromatic nitrogens is 2. The van der Waals surface area contributed by atoms with Gasteiger partial charge in [-0.1, -0.05) is 6.07 Å². The molecule has 0 saturated heterocycles. The largest absolute Gasteiger partial charge is 0.522 e. The number of nitrogens with zero attached hydrogens (tertiary/aromatic N) is 3. The summed E-state index contributed by atoms with van der Waals surface area (Å²) in [7, 11) is 1.78. The first-order valence-electron chi connectivity index (χ1n) is 7.70. The van der Waals surface area contributed by atoms with Crippen molar-refractivity contribution in [2.75, 3.05) is 13.7 Å². The van der Waals surface area contributed by atoms with Gasteiger partial charge >= 0.3 is 6.36 Å². The molecule has 25 heavy (non-hydrogen) atoms. The van der Waals surface area contributed by atoms with E-state index in [2.05, 4.69) is 9.72 Å². The van der Waals surface area contributed by atoms with Crippen LogP contribution in [0.1, 0.15) is 12.5 Å². The van der Waals surface area contributed by atoms with Gasteiger partial charge in [-0.3, -0.25) is 4.74 Å². The number of aliphatic hydroxyl groups excluding tert-OH is 1. The third-order valence-corrected chi connectivity index (χ3v) is 4.07. The molecule has 8 heteroatoms. The van der Waals surface area contributed by atoms with Crippen molar-refractivity contribution in [2.45, 2.75) is 26.1 Å². The van der Waals surface area contributed by atoms with Gasteiger partial charge in [0.2, 0.25) is 0 Å². The van der Waals surface area contributed by atoms with Crippen molar-refractivity contribution in [1.82, 2.24) is 14.5 Å². The first-order chi connectivity index (χ1) is 11.7. The number of allylic oxidation sites excluding steroid dienone is 2. The summed E-state index contributed by atoms with van der Waals surface area (Å²) in [4.78, 5) is 5.90. The highest BCUT2D eigenvalue weighted by atomic mass is 19.4. The van der Waals surface area contributed by atoms with Crippen molar-refractivity contribution >= 4 is 16.6 Å². The van der Waals surface area contributed by atoms with Crippen molar-refractivity contribution < 1.29 is 23.0 Å². The zero-order valence-corrected chi connectivity index (χ0v) is 13.8. The third kappa shape index (κ3) is 3.85. The van der Waals surface area contributed by atoms with Gasteiger partial charge in [0.05, 0.1) is 24.0 Å². The van der Waals surface area contributed by atoms with Gasteiger partial charge in [-0.05, 0) is 41.8 Å². The second kappa shape index (κ2) is 6.53. The summed E-state index contributed by atoms with van der Waals surface area (Å²) in [6.45, 7) is 1.41. The van der Waals surface area contributed by atoms with Gasteiger partial charge in [0.1, 0.15) is 6.23 Å². The fraction of sp³-hybridized carbons (Fsp3) is 0.353. The van der Waals surface area contributed by atoms with E-state index in [1.165, 1.54) is 6.33 Å². The van der Waals surface area contributed by atoms with E-state index in [4.69, 9.17) is 0 Å². The molecule has 1 aliphatic rings. The molecular weight excluding hydrogens is 335 g/mol. The van der Waals surface area contributed by atoms with Gasteiger partial charge in [0.15, 0.2) is 0 Å². The Bertz CT molecular complexity index is 839. The molecular formula is C17H18F3N3O2.